The van der Waals surface area contributed by atoms with E-state index in [1.807, 2.05) is 50.2 Å². The average Bonchev–Trinajstić information content (AvgIpc) is 2.52. The van der Waals surface area contributed by atoms with Crippen LogP contribution >= 0.6 is 11.8 Å². The molecule has 1 amide bonds. The normalized spacial score (nSPS) is 10.6. The van der Waals surface area contributed by atoms with E-state index in [1.54, 1.807) is 11.8 Å². The molecule has 0 radical (unpaired) electrons. The van der Waals surface area contributed by atoms with E-state index in [-0.39, 0.29) is 5.91 Å². The van der Waals surface area contributed by atoms with Crippen molar-refractivity contribution in [2.45, 2.75) is 45.1 Å². The van der Waals surface area contributed by atoms with Crippen molar-refractivity contribution in [2.24, 2.45) is 0 Å². The van der Waals surface area contributed by atoms with Crippen LogP contribution in [-0.2, 0) is 0 Å². The van der Waals surface area contributed by atoms with Crippen LogP contribution in [0.4, 0.5) is 5.69 Å². The number of hydrogen-bond acceptors (Lipinski definition) is 3. The summed E-state index contributed by atoms with van der Waals surface area (Å²) in [6.45, 7) is 6.14. The molecule has 1 heterocycles. The van der Waals surface area contributed by atoms with Gasteiger partial charge in [-0.05, 0) is 49.8 Å². The number of aryl methyl sites for hydroxylation is 2. The Kier molecular flexibility index (Phi) is 6.66. The number of anilines is 1. The molecule has 1 aromatic carbocycles. The van der Waals surface area contributed by atoms with Crippen LogP contribution < -0.4 is 5.32 Å². The zero-order chi connectivity index (χ0) is 16.7. The second-order valence-corrected chi connectivity index (χ2v) is 6.72. The molecule has 122 valence electrons. The predicted molar refractivity (Wildman–Crippen MR) is 98.4 cm³/mol. The van der Waals surface area contributed by atoms with Gasteiger partial charge in [-0.2, -0.15) is 0 Å². The molecule has 0 saturated carbocycles. The first-order valence-electron chi connectivity index (χ1n) is 8.09. The van der Waals surface area contributed by atoms with Gasteiger partial charge in [-0.15, -0.1) is 11.8 Å². The highest BCUT2D eigenvalue weighted by molar-refractivity contribution is 7.99. The lowest BCUT2D eigenvalue weighted by Crippen LogP contribution is -2.16. The van der Waals surface area contributed by atoms with Gasteiger partial charge in [0.15, 0.2) is 0 Å². The van der Waals surface area contributed by atoms with Gasteiger partial charge in [0.05, 0.1) is 5.56 Å². The van der Waals surface area contributed by atoms with Crippen molar-refractivity contribution >= 4 is 23.4 Å². The van der Waals surface area contributed by atoms with Crippen LogP contribution in [0.1, 0.15) is 47.8 Å². The van der Waals surface area contributed by atoms with Crippen molar-refractivity contribution in [3.63, 3.8) is 0 Å². The number of nitrogens with zero attached hydrogens (tertiary/aromatic N) is 1. The van der Waals surface area contributed by atoms with Gasteiger partial charge in [-0.3, -0.25) is 4.79 Å². The van der Waals surface area contributed by atoms with Gasteiger partial charge in [-0.1, -0.05) is 38.0 Å². The Morgan fingerprint density at radius 3 is 2.61 bits per heavy atom. The number of nitrogens with one attached hydrogen (secondary N) is 1. The lowest BCUT2D eigenvalue weighted by atomic mass is 10.1. The zero-order valence-corrected chi connectivity index (χ0v) is 14.9. The van der Waals surface area contributed by atoms with Crippen LogP contribution in [0.2, 0.25) is 0 Å². The lowest BCUT2D eigenvalue weighted by molar-refractivity contribution is 0.102. The number of benzene rings is 1. The molecule has 0 unspecified atom stereocenters. The Morgan fingerprint density at radius 1 is 1.17 bits per heavy atom. The number of amides is 1. The first-order valence-corrected chi connectivity index (χ1v) is 9.07. The Morgan fingerprint density at radius 2 is 1.91 bits per heavy atom. The molecule has 0 bridgehead atoms. The van der Waals surface area contributed by atoms with E-state index in [9.17, 15) is 4.79 Å². The third-order valence-electron chi connectivity index (χ3n) is 3.56. The van der Waals surface area contributed by atoms with Crippen LogP contribution in [0.25, 0.3) is 0 Å². The van der Waals surface area contributed by atoms with E-state index in [1.165, 1.54) is 12.8 Å². The SMILES string of the molecule is CCCCCSc1nc(C)cc(C)c1C(=O)Nc1ccccc1. The summed E-state index contributed by atoms with van der Waals surface area (Å²) in [6, 6.07) is 11.5. The van der Waals surface area contributed by atoms with Gasteiger partial charge in [0, 0.05) is 11.4 Å². The molecular formula is C19H24N2OS. The number of pyridine rings is 1. The maximum absolute atomic E-state index is 12.7. The molecule has 2 rings (SSSR count). The van der Waals surface area contributed by atoms with E-state index in [0.29, 0.717) is 5.56 Å². The Hall–Kier alpha value is -1.81. The number of carbonyl (C=O) groups excluding carboxylic acids is 1. The molecule has 0 atom stereocenters. The Balaban J connectivity index is 2.19. The first kappa shape index (κ1) is 17.5. The van der Waals surface area contributed by atoms with Gasteiger partial charge in [0.25, 0.3) is 5.91 Å². The van der Waals surface area contributed by atoms with Gasteiger partial charge in [-0.25, -0.2) is 4.98 Å². The van der Waals surface area contributed by atoms with Crippen molar-refractivity contribution in [2.75, 3.05) is 11.1 Å². The predicted octanol–water partition coefficient (Wildman–Crippen LogP) is 5.23. The topological polar surface area (TPSA) is 42.0 Å². The lowest BCUT2D eigenvalue weighted by Gasteiger charge is -2.13. The number of rotatable bonds is 7. The molecule has 3 nitrogen and oxygen atoms in total. The van der Waals surface area contributed by atoms with E-state index in [0.717, 1.165) is 34.1 Å². The van der Waals surface area contributed by atoms with Crippen LogP contribution in [0.5, 0.6) is 0 Å². The number of unbranched alkanes of at least 4 members (excludes halogenated alkanes) is 2. The Bertz CT molecular complexity index is 656. The highest BCUT2D eigenvalue weighted by Gasteiger charge is 2.17. The standard InChI is InChI=1S/C19H24N2OS/c1-4-5-9-12-23-19-17(14(2)13-15(3)20-19)18(22)21-16-10-7-6-8-11-16/h6-8,10-11,13H,4-5,9,12H2,1-3H3,(H,21,22). The van der Waals surface area contributed by atoms with Crippen LogP contribution in [0, 0.1) is 13.8 Å². The van der Waals surface area contributed by atoms with Gasteiger partial charge in [0.2, 0.25) is 0 Å². The monoisotopic (exact) mass is 328 g/mol. The maximum atomic E-state index is 12.7. The third kappa shape index (κ3) is 5.10. The Labute approximate surface area is 142 Å². The minimum atomic E-state index is -0.0841. The molecule has 0 aliphatic carbocycles. The first-order chi connectivity index (χ1) is 11.1. The van der Waals surface area contributed by atoms with Crippen LogP contribution in [-0.4, -0.2) is 16.6 Å². The van der Waals surface area contributed by atoms with Crippen molar-refractivity contribution in [3.8, 4) is 0 Å². The maximum Gasteiger partial charge on any atom is 0.258 e. The quantitative estimate of drug-likeness (QED) is 0.559. The van der Waals surface area contributed by atoms with E-state index in [4.69, 9.17) is 0 Å². The summed E-state index contributed by atoms with van der Waals surface area (Å²) in [4.78, 5) is 17.3. The summed E-state index contributed by atoms with van der Waals surface area (Å²) in [7, 11) is 0. The minimum absolute atomic E-state index is 0.0841. The molecule has 0 aliphatic heterocycles. The van der Waals surface area contributed by atoms with Crippen LogP contribution in [0.15, 0.2) is 41.4 Å². The summed E-state index contributed by atoms with van der Waals surface area (Å²) in [6.07, 6.45) is 3.56. The fourth-order valence-corrected chi connectivity index (χ4v) is 3.57. The molecule has 4 heteroatoms. The van der Waals surface area contributed by atoms with Gasteiger partial charge < -0.3 is 5.32 Å². The highest BCUT2D eigenvalue weighted by atomic mass is 32.2. The molecule has 0 spiro atoms. The van der Waals surface area contributed by atoms with E-state index < -0.39 is 0 Å². The molecule has 0 aliphatic rings. The van der Waals surface area contributed by atoms with Gasteiger partial charge >= 0.3 is 0 Å². The number of thioether (sulfide) groups is 1. The summed E-state index contributed by atoms with van der Waals surface area (Å²) >= 11 is 1.68. The van der Waals surface area contributed by atoms with E-state index in [2.05, 4.69) is 17.2 Å². The van der Waals surface area contributed by atoms with Crippen molar-refractivity contribution in [3.05, 3.63) is 53.2 Å². The summed E-state index contributed by atoms with van der Waals surface area (Å²) < 4.78 is 0. The number of hydrogen-bond donors (Lipinski definition) is 1. The highest BCUT2D eigenvalue weighted by Crippen LogP contribution is 2.26. The molecule has 0 fully saturated rings. The smallest absolute Gasteiger partial charge is 0.258 e. The van der Waals surface area contributed by atoms with Crippen molar-refractivity contribution in [1.82, 2.24) is 4.98 Å². The number of aromatic nitrogens is 1. The van der Waals surface area contributed by atoms with Crippen molar-refractivity contribution < 1.29 is 4.79 Å². The second-order valence-electron chi connectivity index (χ2n) is 5.64. The van der Waals surface area contributed by atoms with Crippen LogP contribution in [0.3, 0.4) is 0 Å². The summed E-state index contributed by atoms with van der Waals surface area (Å²) in [5.41, 5.74) is 3.43. The molecule has 0 saturated heterocycles. The largest absolute Gasteiger partial charge is 0.322 e. The fourth-order valence-electron chi connectivity index (χ4n) is 2.42. The third-order valence-corrected chi connectivity index (χ3v) is 4.62. The van der Waals surface area contributed by atoms with Gasteiger partial charge in [0.1, 0.15) is 5.03 Å². The average molecular weight is 328 g/mol. The summed E-state index contributed by atoms with van der Waals surface area (Å²) in [5, 5.41) is 3.81. The van der Waals surface area contributed by atoms with Crippen molar-refractivity contribution in [1.29, 1.82) is 0 Å². The number of carbonyl (C=O) groups is 1. The molecule has 1 aromatic heterocycles. The fraction of sp³-hybridized carbons (Fsp3) is 0.368. The molecular weight excluding hydrogens is 304 g/mol. The second kappa shape index (κ2) is 8.73. The zero-order valence-electron chi connectivity index (χ0n) is 14.1. The number of para-hydroxylation sites is 1. The summed E-state index contributed by atoms with van der Waals surface area (Å²) in [5.74, 6) is 0.911. The molecule has 23 heavy (non-hydrogen) atoms. The van der Waals surface area contributed by atoms with E-state index >= 15 is 0 Å². The minimum Gasteiger partial charge on any atom is -0.322 e. The molecule has 2 aromatic rings. The molecule has 1 N–H and O–H groups in total.